The van der Waals surface area contributed by atoms with Gasteiger partial charge in [-0.25, -0.2) is 9.97 Å². The summed E-state index contributed by atoms with van der Waals surface area (Å²) in [5, 5.41) is 13.2. The van der Waals surface area contributed by atoms with Gasteiger partial charge in [-0.2, -0.15) is 0 Å². The third-order valence-electron chi connectivity index (χ3n) is 8.37. The van der Waals surface area contributed by atoms with Crippen LogP contribution in [0.2, 0.25) is 10.0 Å². The highest BCUT2D eigenvalue weighted by Crippen LogP contribution is 2.31. The fourth-order valence-electron chi connectivity index (χ4n) is 5.81. The zero-order valence-corrected chi connectivity index (χ0v) is 27.2. The lowest BCUT2D eigenvalue weighted by molar-refractivity contribution is -0.141. The number of benzene rings is 1. The number of aromatic nitrogens is 2. The third kappa shape index (κ3) is 9.53. The molecule has 3 aromatic rings. The molecule has 0 radical (unpaired) electrons. The van der Waals surface area contributed by atoms with Gasteiger partial charge in [0, 0.05) is 74.4 Å². The summed E-state index contributed by atoms with van der Waals surface area (Å²) in [6, 6.07) is 13.2. The minimum Gasteiger partial charge on any atom is -0.481 e. The minimum atomic E-state index is -0.766. The molecule has 1 unspecified atom stereocenters. The number of amides is 1. The maximum absolute atomic E-state index is 11.3. The van der Waals surface area contributed by atoms with Gasteiger partial charge >= 0.3 is 5.97 Å². The van der Waals surface area contributed by atoms with Gasteiger partial charge in [0.05, 0.1) is 17.8 Å². The molecule has 0 aliphatic carbocycles. The monoisotopic (exact) mass is 654 g/mol. The number of carboxylic acids is 1. The van der Waals surface area contributed by atoms with E-state index in [1.807, 2.05) is 30.3 Å². The van der Waals surface area contributed by atoms with Gasteiger partial charge < -0.3 is 20.1 Å². The maximum atomic E-state index is 11.3. The number of pyridine rings is 2. The third-order valence-corrected chi connectivity index (χ3v) is 8.80. The van der Waals surface area contributed by atoms with Gasteiger partial charge in [0.1, 0.15) is 11.6 Å². The van der Waals surface area contributed by atoms with Crippen molar-refractivity contribution in [2.75, 3.05) is 57.3 Å². The number of carbonyl (C=O) groups excluding carboxylic acids is 1. The lowest BCUT2D eigenvalue weighted by Crippen LogP contribution is -2.48. The molecule has 240 valence electrons. The number of piperidine rings is 1. The van der Waals surface area contributed by atoms with E-state index >= 15 is 0 Å². The van der Waals surface area contributed by atoms with Gasteiger partial charge in [-0.1, -0.05) is 30.1 Å². The number of rotatable bonds is 11. The van der Waals surface area contributed by atoms with Gasteiger partial charge in [0.25, 0.3) is 0 Å². The summed E-state index contributed by atoms with van der Waals surface area (Å²) in [6.45, 7) is 10.3. The molecule has 1 aromatic carbocycles. The largest absolute Gasteiger partial charge is 0.481 e. The Morgan fingerprint density at radius 3 is 2.33 bits per heavy atom. The molecule has 4 heterocycles. The standard InChI is InChI=1S/C33H40Cl2N6O4/c1-22(33(43)44)20-40-9-11-41(12-10-40)31-4-3-29(19-37-31)45-32-14-25(13-30(38-32)26-15-27(34)17-28(35)16-26)21-39-7-5-24(6-8-39)18-36-23(2)42/h3-4,13-17,19,22,24H,5-12,18,20-21H2,1-2H3,(H,36,42)(H,43,44). The van der Waals surface area contributed by atoms with Crippen molar-refractivity contribution in [2.45, 2.75) is 33.2 Å². The molecule has 5 rings (SSSR count). The van der Waals surface area contributed by atoms with Gasteiger partial charge in [0.15, 0.2) is 0 Å². The number of hydrogen-bond donors (Lipinski definition) is 2. The number of carbonyl (C=O) groups is 2. The van der Waals surface area contributed by atoms with Crippen LogP contribution in [0.5, 0.6) is 11.6 Å². The number of halogens is 2. The number of nitrogens with zero attached hydrogens (tertiary/aromatic N) is 5. The Morgan fingerprint density at radius 1 is 1.00 bits per heavy atom. The van der Waals surface area contributed by atoms with Crippen molar-refractivity contribution < 1.29 is 19.4 Å². The molecule has 10 nitrogen and oxygen atoms in total. The first-order valence-electron chi connectivity index (χ1n) is 15.4. The summed E-state index contributed by atoms with van der Waals surface area (Å²) in [6.07, 6.45) is 3.76. The number of nitrogens with one attached hydrogen (secondary N) is 1. The second-order valence-electron chi connectivity index (χ2n) is 12.0. The van der Waals surface area contributed by atoms with E-state index in [2.05, 4.69) is 31.1 Å². The topological polar surface area (TPSA) is 111 Å². The highest BCUT2D eigenvalue weighted by molar-refractivity contribution is 6.35. The van der Waals surface area contributed by atoms with Crippen molar-refractivity contribution in [3.8, 4) is 22.9 Å². The summed E-state index contributed by atoms with van der Waals surface area (Å²) in [5.74, 6) is 1.24. The number of piperazine rings is 1. The summed E-state index contributed by atoms with van der Waals surface area (Å²) in [5.41, 5.74) is 2.58. The predicted octanol–water partition coefficient (Wildman–Crippen LogP) is 5.43. The maximum Gasteiger partial charge on any atom is 0.307 e. The lowest BCUT2D eigenvalue weighted by atomic mass is 9.96. The summed E-state index contributed by atoms with van der Waals surface area (Å²) >= 11 is 12.7. The van der Waals surface area contributed by atoms with Crippen molar-refractivity contribution in [1.82, 2.24) is 25.1 Å². The second-order valence-corrected chi connectivity index (χ2v) is 12.9. The van der Waals surface area contributed by atoms with Crippen LogP contribution in [-0.4, -0.2) is 89.1 Å². The normalized spacial score (nSPS) is 17.2. The van der Waals surface area contributed by atoms with E-state index in [4.69, 9.17) is 32.9 Å². The molecular weight excluding hydrogens is 615 g/mol. The zero-order chi connectivity index (χ0) is 31.9. The Bertz CT molecular complexity index is 1450. The first kappa shape index (κ1) is 32.9. The molecule has 2 aromatic heterocycles. The van der Waals surface area contributed by atoms with Crippen LogP contribution in [0.3, 0.4) is 0 Å². The number of aliphatic carboxylic acids is 1. The van der Waals surface area contributed by atoms with Gasteiger partial charge in [-0.15, -0.1) is 0 Å². The second kappa shape index (κ2) is 15.2. The van der Waals surface area contributed by atoms with Crippen molar-refractivity contribution in [2.24, 2.45) is 11.8 Å². The number of carboxylic acid groups (broad SMARTS) is 1. The smallest absolute Gasteiger partial charge is 0.307 e. The number of hydrogen-bond acceptors (Lipinski definition) is 8. The highest BCUT2D eigenvalue weighted by atomic mass is 35.5. The first-order valence-corrected chi connectivity index (χ1v) is 16.1. The highest BCUT2D eigenvalue weighted by Gasteiger charge is 2.23. The Kier molecular flexibility index (Phi) is 11.1. The summed E-state index contributed by atoms with van der Waals surface area (Å²) < 4.78 is 6.25. The van der Waals surface area contributed by atoms with Crippen LogP contribution >= 0.6 is 23.2 Å². The van der Waals surface area contributed by atoms with Crippen LogP contribution in [0, 0.1) is 11.8 Å². The van der Waals surface area contributed by atoms with E-state index in [0.29, 0.717) is 39.8 Å². The molecule has 45 heavy (non-hydrogen) atoms. The molecule has 2 aliphatic heterocycles. The van der Waals surface area contributed by atoms with Crippen LogP contribution in [0.1, 0.15) is 32.3 Å². The van der Waals surface area contributed by atoms with Gasteiger partial charge in [-0.05, 0) is 73.8 Å². The van der Waals surface area contributed by atoms with Crippen LogP contribution in [-0.2, 0) is 16.1 Å². The molecule has 1 amide bonds. The average molecular weight is 656 g/mol. The predicted molar refractivity (Wildman–Crippen MR) is 176 cm³/mol. The Labute approximate surface area is 274 Å². The fourth-order valence-corrected chi connectivity index (χ4v) is 6.34. The Balaban J connectivity index is 1.27. The molecule has 0 bridgehead atoms. The van der Waals surface area contributed by atoms with Crippen molar-refractivity contribution in [3.05, 3.63) is 64.3 Å². The number of anilines is 1. The fraction of sp³-hybridized carbons (Fsp3) is 0.455. The van der Waals surface area contributed by atoms with E-state index in [1.165, 1.54) is 0 Å². The molecule has 2 N–H and O–H groups in total. The van der Waals surface area contributed by atoms with Gasteiger partial charge in [0.2, 0.25) is 11.8 Å². The van der Waals surface area contributed by atoms with Gasteiger partial charge in [-0.3, -0.25) is 19.4 Å². The van der Waals surface area contributed by atoms with Crippen LogP contribution in [0.25, 0.3) is 11.3 Å². The molecule has 1 atom stereocenters. The van der Waals surface area contributed by atoms with Crippen molar-refractivity contribution in [1.29, 1.82) is 0 Å². The van der Waals surface area contributed by atoms with E-state index < -0.39 is 5.97 Å². The average Bonchev–Trinajstić information content (AvgIpc) is 3.01. The van der Waals surface area contributed by atoms with Crippen LogP contribution in [0.15, 0.2) is 48.7 Å². The van der Waals surface area contributed by atoms with Crippen LogP contribution < -0.4 is 15.0 Å². The van der Waals surface area contributed by atoms with Crippen molar-refractivity contribution >= 4 is 40.9 Å². The molecule has 2 saturated heterocycles. The minimum absolute atomic E-state index is 0.0164. The molecule has 0 spiro atoms. The molecule has 0 saturated carbocycles. The quantitative estimate of drug-likeness (QED) is 0.279. The first-order chi connectivity index (χ1) is 21.6. The SMILES string of the molecule is CC(=O)NCC1CCN(Cc2cc(Oc3ccc(N4CCN(CC(C)C(=O)O)CC4)nc3)nc(-c3cc(Cl)cc(Cl)c3)c2)CC1. The zero-order valence-electron chi connectivity index (χ0n) is 25.7. The number of likely N-dealkylation sites (tertiary alicyclic amines) is 1. The molecule has 2 aliphatic rings. The van der Waals surface area contributed by atoms with E-state index in [-0.39, 0.29) is 11.8 Å². The Hall–Kier alpha value is -3.44. The van der Waals surface area contributed by atoms with E-state index in [0.717, 1.165) is 82.1 Å². The number of ether oxygens (including phenoxy) is 1. The summed E-state index contributed by atoms with van der Waals surface area (Å²) in [7, 11) is 0. The molecule has 12 heteroatoms. The summed E-state index contributed by atoms with van der Waals surface area (Å²) in [4.78, 5) is 38.8. The van der Waals surface area contributed by atoms with E-state index in [1.54, 1.807) is 26.1 Å². The Morgan fingerprint density at radius 2 is 1.71 bits per heavy atom. The molecule has 2 fully saturated rings. The van der Waals surface area contributed by atoms with E-state index in [9.17, 15) is 14.7 Å². The lowest BCUT2D eigenvalue weighted by Gasteiger charge is -2.36. The molecular formula is C33H40Cl2N6O4. The van der Waals surface area contributed by atoms with Crippen LogP contribution in [0.4, 0.5) is 5.82 Å². The van der Waals surface area contributed by atoms with Crippen molar-refractivity contribution in [3.63, 3.8) is 0 Å².